The van der Waals surface area contributed by atoms with Gasteiger partial charge in [-0.05, 0) is 106 Å². The Balaban J connectivity index is 0.00000433. The second kappa shape index (κ2) is 15.5. The molecule has 13 aromatic rings. The molecule has 10 aromatic carbocycles. The van der Waals surface area contributed by atoms with Gasteiger partial charge in [0, 0.05) is 32.9 Å². The molecule has 0 atom stereocenters. The van der Waals surface area contributed by atoms with Crippen LogP contribution < -0.4 is 0 Å². The number of hydrogen-bond donors (Lipinski definition) is 0. The number of fused-ring (bicyclic) bond motifs is 9. The standard InChI is InChI=1S/C60H36N2O.U/c1-3-17-47(18-4-1)61-55-23-9-7-21-49(55)51-35-43(25-29-57(51)61)39-13-11-15-41(33-39)45-27-31-59-53(37-45)54-38-46(28-32-60(54)63-59)42-16-12-14-40(34-42)44-26-30-58-52(36-44)50-22-8-10-24-56(50)62(58)48-19-5-2-6-20-48;/h1-15,17-37H;/q-2;+2. The summed E-state index contributed by atoms with van der Waals surface area (Å²) in [5.74, 6) is 0. The Morgan fingerprint density at radius 1 is 0.328 bits per heavy atom. The van der Waals surface area contributed by atoms with Gasteiger partial charge in [-0.3, -0.25) is 0 Å². The van der Waals surface area contributed by atoms with Gasteiger partial charge in [-0.15, -0.1) is 11.6 Å². The van der Waals surface area contributed by atoms with Crippen molar-refractivity contribution < 1.29 is 35.5 Å². The van der Waals surface area contributed by atoms with Crippen LogP contribution >= 0.6 is 0 Å². The van der Waals surface area contributed by atoms with Crippen molar-refractivity contribution in [3.8, 4) is 55.9 Å². The van der Waals surface area contributed by atoms with E-state index in [-0.39, 0.29) is 31.1 Å². The maximum atomic E-state index is 6.39. The van der Waals surface area contributed by atoms with E-state index in [1.54, 1.807) is 0 Å². The Bertz CT molecular complexity index is 3660. The Hall–Kier alpha value is -7.35. The number of rotatable bonds is 6. The maximum absolute atomic E-state index is 6.39. The SMILES string of the molecule is [U+2].[c-]1ccc(-c2ccc3c(c2)c2ccccc2n3-c2ccccc2)cc1-c1[c-]c2c(cc1)oc1ccc(-c3cccc(-c4ccc5c(c4)c4ccccc4n5-c4ccccc4)c3)cc12. The molecule has 3 nitrogen and oxygen atoms in total. The van der Waals surface area contributed by atoms with Crippen LogP contribution in [0.15, 0.2) is 223 Å². The molecule has 0 spiro atoms. The van der Waals surface area contributed by atoms with Crippen molar-refractivity contribution in [2.75, 3.05) is 0 Å². The van der Waals surface area contributed by atoms with E-state index >= 15 is 0 Å². The van der Waals surface area contributed by atoms with E-state index in [1.807, 2.05) is 6.07 Å². The van der Waals surface area contributed by atoms with E-state index < -0.39 is 0 Å². The quantitative estimate of drug-likeness (QED) is 0.152. The zero-order valence-corrected chi connectivity index (χ0v) is 38.8. The first-order valence-corrected chi connectivity index (χ1v) is 21.4. The zero-order chi connectivity index (χ0) is 41.4. The van der Waals surface area contributed by atoms with Crippen LogP contribution in [0.5, 0.6) is 0 Å². The molecule has 3 heterocycles. The summed E-state index contributed by atoms with van der Waals surface area (Å²) >= 11 is 0. The van der Waals surface area contributed by atoms with Gasteiger partial charge in [-0.2, -0.15) is 35.9 Å². The fraction of sp³-hybridized carbons (Fsp3) is 0. The fourth-order valence-electron chi connectivity index (χ4n) is 9.73. The molecule has 3 aromatic heterocycles. The van der Waals surface area contributed by atoms with Gasteiger partial charge in [-0.25, -0.2) is 5.56 Å². The first-order chi connectivity index (χ1) is 31.2. The molecule has 0 aliphatic carbocycles. The minimum Gasteiger partial charge on any atom is -0.500 e. The summed E-state index contributed by atoms with van der Waals surface area (Å²) in [4.78, 5) is 0. The minimum absolute atomic E-state index is 0. The summed E-state index contributed by atoms with van der Waals surface area (Å²) in [5, 5.41) is 6.97. The summed E-state index contributed by atoms with van der Waals surface area (Å²) < 4.78 is 11.1. The topological polar surface area (TPSA) is 23.0 Å². The first kappa shape index (κ1) is 38.3. The monoisotopic (exact) mass is 1040 g/mol. The summed E-state index contributed by atoms with van der Waals surface area (Å²) in [7, 11) is 0. The predicted molar refractivity (Wildman–Crippen MR) is 262 cm³/mol. The van der Waals surface area contributed by atoms with Crippen LogP contribution in [0.4, 0.5) is 0 Å². The van der Waals surface area contributed by atoms with Crippen molar-refractivity contribution in [2.24, 2.45) is 0 Å². The van der Waals surface area contributed by atoms with Gasteiger partial charge in [0.25, 0.3) is 0 Å². The normalized spacial score (nSPS) is 11.6. The second-order valence-electron chi connectivity index (χ2n) is 16.3. The van der Waals surface area contributed by atoms with Crippen molar-refractivity contribution >= 4 is 65.6 Å². The third kappa shape index (κ3) is 6.25. The van der Waals surface area contributed by atoms with Gasteiger partial charge >= 0.3 is 31.1 Å². The Labute approximate surface area is 393 Å². The van der Waals surface area contributed by atoms with E-state index in [9.17, 15) is 0 Å². The Morgan fingerprint density at radius 2 is 0.812 bits per heavy atom. The van der Waals surface area contributed by atoms with Crippen LogP contribution in [-0.2, 0) is 0 Å². The van der Waals surface area contributed by atoms with E-state index in [1.165, 1.54) is 54.7 Å². The Morgan fingerprint density at radius 3 is 1.42 bits per heavy atom. The van der Waals surface area contributed by atoms with Gasteiger partial charge in [0.2, 0.25) is 0 Å². The van der Waals surface area contributed by atoms with Crippen LogP contribution in [0, 0.1) is 43.2 Å². The van der Waals surface area contributed by atoms with Gasteiger partial charge < -0.3 is 13.6 Å². The van der Waals surface area contributed by atoms with E-state index in [0.29, 0.717) is 0 Å². The predicted octanol–water partition coefficient (Wildman–Crippen LogP) is 16.0. The van der Waals surface area contributed by atoms with Crippen LogP contribution in [0.1, 0.15) is 0 Å². The van der Waals surface area contributed by atoms with Gasteiger partial charge in [-0.1, -0.05) is 127 Å². The average molecular weight is 1040 g/mol. The van der Waals surface area contributed by atoms with Gasteiger partial charge in [0.15, 0.2) is 0 Å². The number of furan rings is 1. The summed E-state index contributed by atoms with van der Waals surface area (Å²) in [5.41, 5.74) is 17.7. The molecule has 0 amide bonds. The number of hydrogen-bond acceptors (Lipinski definition) is 1. The summed E-state index contributed by atoms with van der Waals surface area (Å²) in [6, 6.07) is 85.4. The molecule has 64 heavy (non-hydrogen) atoms. The van der Waals surface area contributed by atoms with E-state index in [2.05, 4.69) is 234 Å². The fourth-order valence-corrected chi connectivity index (χ4v) is 9.73. The molecule has 0 saturated heterocycles. The molecule has 13 rings (SSSR count). The summed E-state index contributed by atoms with van der Waals surface area (Å²) in [6.07, 6.45) is 0. The van der Waals surface area contributed by atoms with Crippen molar-refractivity contribution in [2.45, 2.75) is 0 Å². The summed E-state index contributed by atoms with van der Waals surface area (Å²) in [6.45, 7) is 0. The molecule has 4 heteroatoms. The van der Waals surface area contributed by atoms with Crippen LogP contribution in [0.3, 0.4) is 0 Å². The van der Waals surface area contributed by atoms with Crippen LogP contribution in [0.2, 0.25) is 0 Å². The molecule has 0 bridgehead atoms. The second-order valence-corrected chi connectivity index (χ2v) is 16.3. The van der Waals surface area contributed by atoms with E-state index in [0.717, 1.165) is 66.7 Å². The van der Waals surface area contributed by atoms with Gasteiger partial charge in [0.05, 0.1) is 33.2 Å². The third-order valence-electron chi connectivity index (χ3n) is 12.7. The van der Waals surface area contributed by atoms with Crippen molar-refractivity contribution in [1.29, 1.82) is 0 Å². The molecule has 0 radical (unpaired) electrons. The molecule has 0 fully saturated rings. The number of nitrogens with zero attached hydrogens (tertiary/aromatic N) is 2. The molecular formula is C60H36N2OU. The molecular weight excluding hydrogens is 1000 g/mol. The molecule has 0 aliphatic heterocycles. The number of para-hydroxylation sites is 4. The van der Waals surface area contributed by atoms with Crippen molar-refractivity contribution in [3.63, 3.8) is 0 Å². The van der Waals surface area contributed by atoms with Gasteiger partial charge in [0.1, 0.15) is 0 Å². The molecule has 0 aliphatic rings. The number of benzene rings is 10. The average Bonchev–Trinajstić information content (AvgIpc) is 4.01. The van der Waals surface area contributed by atoms with E-state index in [4.69, 9.17) is 4.42 Å². The smallest absolute Gasteiger partial charge is 0.500 e. The first-order valence-electron chi connectivity index (χ1n) is 21.4. The third-order valence-corrected chi connectivity index (χ3v) is 12.7. The Kier molecular flexibility index (Phi) is 9.27. The molecule has 0 saturated carbocycles. The van der Waals surface area contributed by atoms with Crippen molar-refractivity contribution in [3.05, 3.63) is 231 Å². The maximum Gasteiger partial charge on any atom is 2.00 e. The molecule has 296 valence electrons. The minimum atomic E-state index is 0. The molecule has 0 unspecified atom stereocenters. The number of aromatic nitrogens is 2. The molecule has 0 N–H and O–H groups in total. The zero-order valence-electron chi connectivity index (χ0n) is 34.6. The van der Waals surface area contributed by atoms with Crippen LogP contribution in [-0.4, -0.2) is 9.13 Å². The van der Waals surface area contributed by atoms with Crippen molar-refractivity contribution in [1.82, 2.24) is 9.13 Å². The largest absolute Gasteiger partial charge is 2.00 e. The van der Waals surface area contributed by atoms with Crippen LogP contribution in [0.25, 0.3) is 121 Å².